The molecule has 6 heteroatoms. The third kappa shape index (κ3) is 2.69. The number of nitrogens with one attached hydrogen (secondary N) is 1. The van der Waals surface area contributed by atoms with Crippen LogP contribution in [0.15, 0.2) is 24.5 Å². The van der Waals surface area contributed by atoms with E-state index in [-0.39, 0.29) is 0 Å². The van der Waals surface area contributed by atoms with E-state index in [4.69, 9.17) is 5.73 Å². The fraction of sp³-hybridized carbons (Fsp3) is 0.300. The molecule has 0 fully saturated rings. The minimum absolute atomic E-state index is 0.429. The Bertz CT molecular complexity index is 447. The van der Waals surface area contributed by atoms with Crippen LogP contribution in [-0.4, -0.2) is 26.5 Å². The van der Waals surface area contributed by atoms with Gasteiger partial charge in [-0.15, -0.1) is 10.2 Å². The molecule has 2 heterocycles. The second kappa shape index (κ2) is 4.61. The summed E-state index contributed by atoms with van der Waals surface area (Å²) in [6.45, 7) is 0.796. The fourth-order valence-corrected chi connectivity index (χ4v) is 1.37. The summed E-state index contributed by atoms with van der Waals surface area (Å²) >= 11 is 0. The van der Waals surface area contributed by atoms with Gasteiger partial charge in [0.05, 0.1) is 6.20 Å². The second-order valence-electron chi connectivity index (χ2n) is 3.54. The highest BCUT2D eigenvalue weighted by atomic mass is 15.2. The van der Waals surface area contributed by atoms with Crippen LogP contribution in [0.2, 0.25) is 0 Å². The quantitative estimate of drug-likeness (QED) is 0.778. The van der Waals surface area contributed by atoms with Crippen molar-refractivity contribution < 1.29 is 0 Å². The molecule has 2 rings (SSSR count). The van der Waals surface area contributed by atoms with Gasteiger partial charge in [-0.05, 0) is 24.1 Å². The molecule has 84 valence electrons. The van der Waals surface area contributed by atoms with Gasteiger partial charge in [-0.2, -0.15) is 5.10 Å². The van der Waals surface area contributed by atoms with Crippen molar-refractivity contribution in [2.75, 3.05) is 17.6 Å². The Balaban J connectivity index is 1.82. The highest BCUT2D eigenvalue weighted by molar-refractivity contribution is 5.38. The summed E-state index contributed by atoms with van der Waals surface area (Å²) in [5, 5.41) is 14.9. The van der Waals surface area contributed by atoms with Crippen LogP contribution < -0.4 is 11.1 Å². The molecule has 0 radical (unpaired) electrons. The molecule has 0 unspecified atom stereocenters. The van der Waals surface area contributed by atoms with Crippen LogP contribution in [0.4, 0.5) is 11.6 Å². The highest BCUT2D eigenvalue weighted by Crippen LogP contribution is 2.03. The maximum Gasteiger partial charge on any atom is 0.148 e. The first-order valence-corrected chi connectivity index (χ1v) is 5.04. The van der Waals surface area contributed by atoms with E-state index in [2.05, 4.69) is 20.6 Å². The average Bonchev–Trinajstić information content (AvgIpc) is 2.67. The first-order valence-electron chi connectivity index (χ1n) is 5.04. The van der Waals surface area contributed by atoms with Crippen molar-refractivity contribution in [3.05, 3.63) is 30.1 Å². The van der Waals surface area contributed by atoms with Crippen molar-refractivity contribution in [3.8, 4) is 0 Å². The van der Waals surface area contributed by atoms with Gasteiger partial charge in [-0.1, -0.05) is 0 Å². The van der Waals surface area contributed by atoms with E-state index in [0.717, 1.165) is 18.8 Å². The third-order valence-electron chi connectivity index (χ3n) is 2.16. The van der Waals surface area contributed by atoms with E-state index in [9.17, 15) is 0 Å². The Labute approximate surface area is 93.5 Å². The monoisotopic (exact) mass is 218 g/mol. The van der Waals surface area contributed by atoms with E-state index in [0.29, 0.717) is 5.82 Å². The van der Waals surface area contributed by atoms with E-state index < -0.39 is 0 Å². The Hall–Kier alpha value is -2.11. The molecule has 0 saturated heterocycles. The van der Waals surface area contributed by atoms with Crippen molar-refractivity contribution >= 4 is 11.6 Å². The van der Waals surface area contributed by atoms with Gasteiger partial charge in [-0.25, -0.2) is 0 Å². The third-order valence-corrected chi connectivity index (χ3v) is 2.16. The van der Waals surface area contributed by atoms with Crippen molar-refractivity contribution in [1.82, 2.24) is 20.0 Å². The number of hydrogen-bond donors (Lipinski definition) is 2. The number of aryl methyl sites for hydroxylation is 1. The number of aromatic nitrogens is 4. The molecule has 0 bridgehead atoms. The number of rotatable bonds is 4. The summed E-state index contributed by atoms with van der Waals surface area (Å²) < 4.78 is 1.79. The lowest BCUT2D eigenvalue weighted by molar-refractivity contribution is 0.766. The summed E-state index contributed by atoms with van der Waals surface area (Å²) in [5.41, 5.74) is 6.63. The van der Waals surface area contributed by atoms with E-state index in [1.807, 2.05) is 25.5 Å². The summed E-state index contributed by atoms with van der Waals surface area (Å²) in [4.78, 5) is 0. The fourth-order valence-electron chi connectivity index (χ4n) is 1.37. The topological polar surface area (TPSA) is 81.7 Å². The zero-order chi connectivity index (χ0) is 11.4. The van der Waals surface area contributed by atoms with Crippen LogP contribution in [0.5, 0.6) is 0 Å². The van der Waals surface area contributed by atoms with E-state index in [1.54, 1.807) is 10.7 Å². The SMILES string of the molecule is Cn1cc(CCNc2ccc(N)nn2)cn1. The van der Waals surface area contributed by atoms with Gasteiger partial charge in [0.1, 0.15) is 11.6 Å². The van der Waals surface area contributed by atoms with Crippen LogP contribution in [0, 0.1) is 0 Å². The molecular weight excluding hydrogens is 204 g/mol. The molecule has 0 aliphatic rings. The van der Waals surface area contributed by atoms with Crippen molar-refractivity contribution in [1.29, 1.82) is 0 Å². The maximum atomic E-state index is 5.44. The molecule has 0 spiro atoms. The van der Waals surface area contributed by atoms with Gasteiger partial charge >= 0.3 is 0 Å². The molecule has 6 nitrogen and oxygen atoms in total. The van der Waals surface area contributed by atoms with Crippen molar-refractivity contribution in [2.45, 2.75) is 6.42 Å². The molecule has 0 aliphatic heterocycles. The van der Waals surface area contributed by atoms with Crippen LogP contribution in [-0.2, 0) is 13.5 Å². The van der Waals surface area contributed by atoms with Gasteiger partial charge in [0.2, 0.25) is 0 Å². The lowest BCUT2D eigenvalue weighted by Crippen LogP contribution is -2.07. The van der Waals surface area contributed by atoms with Crippen LogP contribution >= 0.6 is 0 Å². The minimum atomic E-state index is 0.429. The first kappa shape index (κ1) is 10.4. The van der Waals surface area contributed by atoms with E-state index in [1.165, 1.54) is 5.56 Å². The Morgan fingerprint density at radius 2 is 2.25 bits per heavy atom. The Morgan fingerprint density at radius 3 is 2.88 bits per heavy atom. The normalized spacial score (nSPS) is 10.3. The summed E-state index contributed by atoms with van der Waals surface area (Å²) in [6, 6.07) is 3.53. The van der Waals surface area contributed by atoms with Crippen LogP contribution in [0.1, 0.15) is 5.56 Å². The maximum absolute atomic E-state index is 5.44. The van der Waals surface area contributed by atoms with E-state index >= 15 is 0 Å². The van der Waals surface area contributed by atoms with Crippen LogP contribution in [0.25, 0.3) is 0 Å². The minimum Gasteiger partial charge on any atom is -0.382 e. The van der Waals surface area contributed by atoms with Crippen molar-refractivity contribution in [3.63, 3.8) is 0 Å². The zero-order valence-electron chi connectivity index (χ0n) is 9.09. The number of anilines is 2. The molecule has 0 saturated carbocycles. The molecule has 3 N–H and O–H groups in total. The zero-order valence-corrected chi connectivity index (χ0v) is 9.09. The first-order chi connectivity index (χ1) is 7.74. The van der Waals surface area contributed by atoms with Gasteiger partial charge in [0.15, 0.2) is 0 Å². The number of nitrogens with zero attached hydrogens (tertiary/aromatic N) is 4. The van der Waals surface area contributed by atoms with Gasteiger partial charge in [0, 0.05) is 19.8 Å². The predicted octanol–water partition coefficient (Wildman–Crippen LogP) is 0.447. The lowest BCUT2D eigenvalue weighted by Gasteiger charge is -2.03. The smallest absolute Gasteiger partial charge is 0.148 e. The van der Waals surface area contributed by atoms with Gasteiger partial charge in [-0.3, -0.25) is 4.68 Å². The number of nitrogens with two attached hydrogens (primary N) is 1. The molecule has 0 amide bonds. The summed E-state index contributed by atoms with van der Waals surface area (Å²) in [6.07, 6.45) is 4.76. The van der Waals surface area contributed by atoms with Gasteiger partial charge < -0.3 is 11.1 Å². The summed E-state index contributed by atoms with van der Waals surface area (Å²) in [5.74, 6) is 1.16. The molecule has 0 aromatic carbocycles. The second-order valence-corrected chi connectivity index (χ2v) is 3.54. The van der Waals surface area contributed by atoms with Crippen molar-refractivity contribution in [2.24, 2.45) is 7.05 Å². The molecule has 2 aromatic rings. The predicted molar refractivity (Wildman–Crippen MR) is 61.8 cm³/mol. The highest BCUT2D eigenvalue weighted by Gasteiger charge is 1.97. The number of nitrogen functional groups attached to an aromatic ring is 1. The molecule has 0 atom stereocenters. The molecule has 2 aromatic heterocycles. The Morgan fingerprint density at radius 1 is 1.38 bits per heavy atom. The summed E-state index contributed by atoms with van der Waals surface area (Å²) in [7, 11) is 1.91. The molecule has 16 heavy (non-hydrogen) atoms. The number of hydrogen-bond acceptors (Lipinski definition) is 5. The largest absolute Gasteiger partial charge is 0.382 e. The standard InChI is InChI=1S/C10H14N6/c1-16-7-8(6-13-16)4-5-12-10-3-2-9(11)14-15-10/h2-3,6-7H,4-5H2,1H3,(H2,11,14)(H,12,15). The average molecular weight is 218 g/mol. The van der Waals surface area contributed by atoms with Gasteiger partial charge in [0.25, 0.3) is 0 Å². The van der Waals surface area contributed by atoms with Crippen LogP contribution in [0.3, 0.4) is 0 Å². The lowest BCUT2D eigenvalue weighted by atomic mass is 10.2. The molecule has 0 aliphatic carbocycles. The molecular formula is C10H14N6. The Kier molecular flexibility index (Phi) is 3.00.